The molecule has 3 nitrogen and oxygen atoms in total. The standard InChI is InChI=1S/C10H17NO2/c1-8(6-9(2)12)11-7-10-4-3-5-13-10/h3-5,8-9,11-12H,6-7H2,1-2H3. The Kier molecular flexibility index (Phi) is 3.99. The fraction of sp³-hybridized carbons (Fsp3) is 0.600. The number of hydrogen-bond acceptors (Lipinski definition) is 3. The third kappa shape index (κ3) is 4.10. The maximum absolute atomic E-state index is 9.12. The molecule has 0 spiro atoms. The van der Waals surface area contributed by atoms with Gasteiger partial charge in [0.15, 0.2) is 0 Å². The van der Waals surface area contributed by atoms with E-state index in [9.17, 15) is 0 Å². The summed E-state index contributed by atoms with van der Waals surface area (Å²) < 4.78 is 5.16. The van der Waals surface area contributed by atoms with Crippen LogP contribution in [0.1, 0.15) is 26.0 Å². The van der Waals surface area contributed by atoms with E-state index in [1.165, 1.54) is 0 Å². The summed E-state index contributed by atoms with van der Waals surface area (Å²) in [5.74, 6) is 0.928. The highest BCUT2D eigenvalue weighted by Gasteiger charge is 2.05. The van der Waals surface area contributed by atoms with Crippen LogP contribution >= 0.6 is 0 Å². The van der Waals surface area contributed by atoms with Crippen LogP contribution < -0.4 is 5.32 Å². The molecule has 74 valence electrons. The van der Waals surface area contributed by atoms with E-state index in [1.54, 1.807) is 13.2 Å². The average molecular weight is 183 g/mol. The van der Waals surface area contributed by atoms with Crippen LogP contribution in [0, 0.1) is 0 Å². The van der Waals surface area contributed by atoms with E-state index < -0.39 is 0 Å². The van der Waals surface area contributed by atoms with Gasteiger partial charge in [-0.3, -0.25) is 0 Å². The Balaban J connectivity index is 2.19. The molecule has 0 fully saturated rings. The summed E-state index contributed by atoms with van der Waals surface area (Å²) in [7, 11) is 0. The van der Waals surface area contributed by atoms with Gasteiger partial charge in [-0.05, 0) is 32.4 Å². The van der Waals surface area contributed by atoms with Gasteiger partial charge in [-0.2, -0.15) is 0 Å². The van der Waals surface area contributed by atoms with Crippen molar-refractivity contribution in [2.45, 2.75) is 39.0 Å². The Labute approximate surface area is 78.8 Å². The number of aliphatic hydroxyl groups is 1. The Morgan fingerprint density at radius 3 is 2.85 bits per heavy atom. The second-order valence-corrected chi connectivity index (χ2v) is 3.45. The summed E-state index contributed by atoms with van der Waals surface area (Å²) >= 11 is 0. The van der Waals surface area contributed by atoms with Crippen molar-refractivity contribution in [3.63, 3.8) is 0 Å². The van der Waals surface area contributed by atoms with Crippen molar-refractivity contribution in [1.82, 2.24) is 5.32 Å². The molecule has 0 radical (unpaired) electrons. The second kappa shape index (κ2) is 5.04. The Morgan fingerprint density at radius 1 is 1.54 bits per heavy atom. The van der Waals surface area contributed by atoms with Gasteiger partial charge in [0.05, 0.1) is 18.9 Å². The second-order valence-electron chi connectivity index (χ2n) is 3.45. The summed E-state index contributed by atoms with van der Waals surface area (Å²) in [6.07, 6.45) is 2.18. The van der Waals surface area contributed by atoms with Gasteiger partial charge in [0.1, 0.15) is 5.76 Å². The lowest BCUT2D eigenvalue weighted by Gasteiger charge is -2.14. The molecule has 2 N–H and O–H groups in total. The monoisotopic (exact) mass is 183 g/mol. The highest BCUT2D eigenvalue weighted by atomic mass is 16.3. The molecule has 0 aromatic carbocycles. The molecule has 0 aliphatic carbocycles. The fourth-order valence-corrected chi connectivity index (χ4v) is 1.28. The SMILES string of the molecule is CC(O)CC(C)NCc1ccco1. The molecule has 1 aromatic rings. The van der Waals surface area contributed by atoms with Crippen LogP contribution in [-0.2, 0) is 6.54 Å². The van der Waals surface area contributed by atoms with Crippen LogP contribution in [0.5, 0.6) is 0 Å². The lowest BCUT2D eigenvalue weighted by molar-refractivity contribution is 0.170. The summed E-state index contributed by atoms with van der Waals surface area (Å²) in [6, 6.07) is 4.11. The molecule has 2 unspecified atom stereocenters. The normalized spacial score (nSPS) is 15.6. The minimum atomic E-state index is -0.251. The zero-order valence-electron chi connectivity index (χ0n) is 8.16. The zero-order chi connectivity index (χ0) is 9.68. The molecule has 1 rings (SSSR count). The van der Waals surface area contributed by atoms with E-state index in [1.807, 2.05) is 12.1 Å². The fourth-order valence-electron chi connectivity index (χ4n) is 1.28. The molecule has 1 heterocycles. The quantitative estimate of drug-likeness (QED) is 0.727. The number of rotatable bonds is 5. The van der Waals surface area contributed by atoms with Gasteiger partial charge in [-0.25, -0.2) is 0 Å². The lowest BCUT2D eigenvalue weighted by Crippen LogP contribution is -2.28. The first-order valence-electron chi connectivity index (χ1n) is 4.62. The maximum Gasteiger partial charge on any atom is 0.117 e. The first-order chi connectivity index (χ1) is 6.18. The van der Waals surface area contributed by atoms with Crippen LogP contribution in [0.2, 0.25) is 0 Å². The number of furan rings is 1. The summed E-state index contributed by atoms with van der Waals surface area (Å²) in [5.41, 5.74) is 0. The minimum absolute atomic E-state index is 0.251. The molecule has 0 aliphatic heterocycles. The van der Waals surface area contributed by atoms with Crippen LogP contribution in [0.4, 0.5) is 0 Å². The molecular formula is C10H17NO2. The smallest absolute Gasteiger partial charge is 0.117 e. The highest BCUT2D eigenvalue weighted by molar-refractivity contribution is 4.97. The van der Waals surface area contributed by atoms with Crippen molar-refractivity contribution in [2.75, 3.05) is 0 Å². The number of aliphatic hydroxyl groups excluding tert-OH is 1. The van der Waals surface area contributed by atoms with Crippen molar-refractivity contribution >= 4 is 0 Å². The van der Waals surface area contributed by atoms with Gasteiger partial charge < -0.3 is 14.8 Å². The van der Waals surface area contributed by atoms with Crippen LogP contribution in [0.15, 0.2) is 22.8 Å². The third-order valence-corrected chi connectivity index (χ3v) is 1.90. The number of hydrogen-bond donors (Lipinski definition) is 2. The molecule has 0 bridgehead atoms. The summed E-state index contributed by atoms with van der Waals surface area (Å²) in [4.78, 5) is 0. The molecule has 2 atom stereocenters. The molecule has 3 heteroatoms. The Morgan fingerprint density at radius 2 is 2.31 bits per heavy atom. The summed E-state index contributed by atoms with van der Waals surface area (Å²) in [5, 5.41) is 12.4. The van der Waals surface area contributed by atoms with Crippen LogP contribution in [0.25, 0.3) is 0 Å². The average Bonchev–Trinajstić information content (AvgIpc) is 2.51. The van der Waals surface area contributed by atoms with E-state index >= 15 is 0 Å². The van der Waals surface area contributed by atoms with Crippen molar-refractivity contribution < 1.29 is 9.52 Å². The van der Waals surface area contributed by atoms with Gasteiger partial charge >= 0.3 is 0 Å². The largest absolute Gasteiger partial charge is 0.468 e. The van der Waals surface area contributed by atoms with Crippen LogP contribution in [-0.4, -0.2) is 17.3 Å². The third-order valence-electron chi connectivity index (χ3n) is 1.90. The van der Waals surface area contributed by atoms with Gasteiger partial charge in [-0.1, -0.05) is 0 Å². The van der Waals surface area contributed by atoms with Gasteiger partial charge in [0.25, 0.3) is 0 Å². The number of nitrogens with one attached hydrogen (secondary N) is 1. The van der Waals surface area contributed by atoms with E-state index in [4.69, 9.17) is 9.52 Å². The van der Waals surface area contributed by atoms with Crippen LogP contribution in [0.3, 0.4) is 0 Å². The Bertz CT molecular complexity index is 219. The molecule has 13 heavy (non-hydrogen) atoms. The minimum Gasteiger partial charge on any atom is -0.468 e. The molecular weight excluding hydrogens is 166 g/mol. The molecule has 1 aromatic heterocycles. The van der Waals surface area contributed by atoms with E-state index in [2.05, 4.69) is 12.2 Å². The van der Waals surface area contributed by atoms with Crippen molar-refractivity contribution in [2.24, 2.45) is 0 Å². The highest BCUT2D eigenvalue weighted by Crippen LogP contribution is 2.01. The maximum atomic E-state index is 9.12. The Hall–Kier alpha value is -0.800. The lowest BCUT2D eigenvalue weighted by atomic mass is 10.1. The predicted molar refractivity (Wildman–Crippen MR) is 51.3 cm³/mol. The van der Waals surface area contributed by atoms with Gasteiger partial charge in [0.2, 0.25) is 0 Å². The topological polar surface area (TPSA) is 45.4 Å². The zero-order valence-corrected chi connectivity index (χ0v) is 8.16. The first-order valence-corrected chi connectivity index (χ1v) is 4.62. The molecule has 0 aliphatic rings. The first kappa shape index (κ1) is 10.3. The molecule has 0 saturated heterocycles. The van der Waals surface area contributed by atoms with Crippen molar-refractivity contribution in [3.05, 3.63) is 24.2 Å². The van der Waals surface area contributed by atoms with E-state index in [0.717, 1.165) is 18.7 Å². The molecule has 0 saturated carbocycles. The van der Waals surface area contributed by atoms with Gasteiger partial charge in [0, 0.05) is 6.04 Å². The summed E-state index contributed by atoms with van der Waals surface area (Å²) in [6.45, 7) is 4.57. The van der Waals surface area contributed by atoms with Crippen molar-refractivity contribution in [3.8, 4) is 0 Å². The van der Waals surface area contributed by atoms with Crippen molar-refractivity contribution in [1.29, 1.82) is 0 Å². The predicted octanol–water partition coefficient (Wildman–Crippen LogP) is 1.53. The molecule has 0 amide bonds. The van der Waals surface area contributed by atoms with E-state index in [-0.39, 0.29) is 6.10 Å². The van der Waals surface area contributed by atoms with E-state index in [0.29, 0.717) is 6.04 Å². The van der Waals surface area contributed by atoms with Gasteiger partial charge in [-0.15, -0.1) is 0 Å².